The molecule has 0 N–H and O–H groups in total. The van der Waals surface area contributed by atoms with E-state index in [1.165, 1.54) is 28.3 Å². The van der Waals surface area contributed by atoms with Gasteiger partial charge in [0, 0.05) is 5.39 Å². The smallest absolute Gasteiger partial charge is 0.149 e. The summed E-state index contributed by atoms with van der Waals surface area (Å²) in [5, 5.41) is 1.26. The quantitative estimate of drug-likeness (QED) is 0.218. The third kappa shape index (κ3) is 4.05. The Kier molecular flexibility index (Phi) is 6.01. The maximum absolute atomic E-state index is 15.3. The van der Waals surface area contributed by atoms with Crippen molar-refractivity contribution in [2.24, 2.45) is 0 Å². The summed E-state index contributed by atoms with van der Waals surface area (Å²) in [5.41, 5.74) is 9.84. The molecule has 0 aliphatic heterocycles. The molecule has 0 saturated heterocycles. The average Bonchev–Trinajstić information content (AvgIpc) is 3.56. The second-order valence-corrected chi connectivity index (χ2v) is 11.3. The van der Waals surface area contributed by atoms with Gasteiger partial charge in [-0.1, -0.05) is 88.4 Å². The largest absolute Gasteiger partial charge is 0.455 e. The first-order valence-corrected chi connectivity index (χ1v) is 14.2. The molecule has 4 heteroatoms. The highest BCUT2D eigenvalue weighted by molar-refractivity contribution is 6.10. The van der Waals surface area contributed by atoms with E-state index in [1.807, 2.05) is 42.5 Å². The summed E-state index contributed by atoms with van der Waals surface area (Å²) in [7, 11) is 0. The number of hydrogen-bond donors (Lipinski definition) is 0. The molecule has 41 heavy (non-hydrogen) atoms. The van der Waals surface area contributed by atoms with Crippen molar-refractivity contribution >= 4 is 33.0 Å². The molecule has 202 valence electrons. The van der Waals surface area contributed by atoms with Gasteiger partial charge in [-0.15, -0.1) is 0 Å². The minimum atomic E-state index is -0.297. The second-order valence-electron chi connectivity index (χ2n) is 11.3. The van der Waals surface area contributed by atoms with Gasteiger partial charge in [-0.3, -0.25) is 4.57 Å². The molecule has 2 heterocycles. The topological polar surface area (TPSA) is 31.0 Å². The Labute approximate surface area is 238 Å². The number of hydrogen-bond acceptors (Lipinski definition) is 2. The molecule has 0 spiro atoms. The minimum Gasteiger partial charge on any atom is -0.455 e. The molecule has 7 aromatic rings. The molecule has 2 aromatic heterocycles. The lowest BCUT2D eigenvalue weighted by atomic mass is 9.88. The molecule has 7 rings (SSSR count). The Hall–Kier alpha value is -4.70. The number of para-hydroxylation sites is 3. The van der Waals surface area contributed by atoms with E-state index in [-0.39, 0.29) is 17.7 Å². The molecular weight excluding hydrogens is 507 g/mol. The van der Waals surface area contributed by atoms with Crippen molar-refractivity contribution in [1.29, 1.82) is 0 Å². The molecule has 0 amide bonds. The predicted octanol–water partition coefficient (Wildman–Crippen LogP) is 10.6. The molecule has 0 bridgehead atoms. The van der Waals surface area contributed by atoms with Crippen LogP contribution in [-0.4, -0.2) is 9.55 Å². The number of fused-ring (bicyclic) bond motifs is 4. The number of benzene rings is 5. The Bertz CT molecular complexity index is 2040. The zero-order valence-corrected chi connectivity index (χ0v) is 23.7. The van der Waals surface area contributed by atoms with Crippen LogP contribution in [0.5, 0.6) is 0 Å². The zero-order valence-electron chi connectivity index (χ0n) is 23.7. The maximum atomic E-state index is 15.3. The second kappa shape index (κ2) is 9.74. The lowest BCUT2D eigenvalue weighted by Crippen LogP contribution is -2.09. The van der Waals surface area contributed by atoms with E-state index in [4.69, 9.17) is 9.40 Å². The van der Waals surface area contributed by atoms with Gasteiger partial charge in [0.05, 0.1) is 27.7 Å². The number of aromatic nitrogens is 2. The van der Waals surface area contributed by atoms with Crippen LogP contribution in [0.3, 0.4) is 0 Å². The van der Waals surface area contributed by atoms with E-state index in [9.17, 15) is 0 Å². The SMILES string of the molecule is CC(C)c1cc(-c2ccccc2)cc(C(C)C)c1-n1c(-c2ccc(F)c3c2oc2ccccc23)nc2ccccc21. The van der Waals surface area contributed by atoms with Crippen molar-refractivity contribution in [1.82, 2.24) is 9.55 Å². The van der Waals surface area contributed by atoms with Crippen LogP contribution in [-0.2, 0) is 0 Å². The van der Waals surface area contributed by atoms with Crippen LogP contribution in [0.1, 0.15) is 50.7 Å². The third-order valence-corrected chi connectivity index (χ3v) is 8.02. The first kappa shape index (κ1) is 25.3. The fraction of sp³-hybridized carbons (Fsp3) is 0.162. The molecule has 0 aliphatic rings. The molecule has 0 unspecified atom stereocenters. The minimum absolute atomic E-state index is 0.250. The standard InChI is InChI=1S/C37H31FN2O/c1-22(2)28-20-25(24-12-6-5-7-13-24)21-29(23(3)4)35(28)40-32-16-10-9-15-31(32)39-37(40)27-18-19-30(38)34-26-14-8-11-17-33(26)41-36(27)34/h5-23H,1-4H3. The molecule has 0 atom stereocenters. The van der Waals surface area contributed by atoms with Gasteiger partial charge >= 0.3 is 0 Å². The third-order valence-electron chi connectivity index (χ3n) is 8.02. The number of nitrogens with zero attached hydrogens (tertiary/aromatic N) is 2. The highest BCUT2D eigenvalue weighted by Gasteiger charge is 2.26. The van der Waals surface area contributed by atoms with Crippen molar-refractivity contribution in [2.45, 2.75) is 39.5 Å². The lowest BCUT2D eigenvalue weighted by Gasteiger charge is -2.24. The summed E-state index contributed by atoms with van der Waals surface area (Å²) in [6.45, 7) is 8.97. The van der Waals surface area contributed by atoms with Crippen molar-refractivity contribution in [2.75, 3.05) is 0 Å². The van der Waals surface area contributed by atoms with Crippen molar-refractivity contribution in [3.8, 4) is 28.2 Å². The van der Waals surface area contributed by atoms with E-state index < -0.39 is 0 Å². The van der Waals surface area contributed by atoms with Crippen LogP contribution < -0.4 is 0 Å². The molecule has 0 saturated carbocycles. The predicted molar refractivity (Wildman–Crippen MR) is 167 cm³/mol. The van der Waals surface area contributed by atoms with Crippen LogP contribution in [0.15, 0.2) is 108 Å². The van der Waals surface area contributed by atoms with E-state index in [0.717, 1.165) is 33.5 Å². The van der Waals surface area contributed by atoms with E-state index in [0.29, 0.717) is 16.6 Å². The van der Waals surface area contributed by atoms with Gasteiger partial charge in [0.15, 0.2) is 0 Å². The summed E-state index contributed by atoms with van der Waals surface area (Å²) in [6, 6.07) is 34.4. The van der Waals surface area contributed by atoms with Gasteiger partial charge in [-0.2, -0.15) is 0 Å². The lowest BCUT2D eigenvalue weighted by molar-refractivity contribution is 0.634. The number of imidazole rings is 1. The Balaban J connectivity index is 1.61. The highest BCUT2D eigenvalue weighted by atomic mass is 19.1. The molecular formula is C37H31FN2O. The number of furan rings is 1. The summed E-state index contributed by atoms with van der Waals surface area (Å²) < 4.78 is 23.9. The first-order valence-electron chi connectivity index (χ1n) is 14.2. The Morgan fingerprint density at radius 3 is 2.10 bits per heavy atom. The van der Waals surface area contributed by atoms with E-state index in [1.54, 1.807) is 6.07 Å². The van der Waals surface area contributed by atoms with Crippen molar-refractivity contribution in [3.05, 3.63) is 120 Å². The average molecular weight is 539 g/mol. The zero-order chi connectivity index (χ0) is 28.2. The van der Waals surface area contributed by atoms with E-state index >= 15 is 4.39 Å². The van der Waals surface area contributed by atoms with Gasteiger partial charge < -0.3 is 4.42 Å². The summed E-state index contributed by atoms with van der Waals surface area (Å²) in [6.07, 6.45) is 0. The van der Waals surface area contributed by atoms with Crippen LogP contribution in [0.25, 0.3) is 61.2 Å². The van der Waals surface area contributed by atoms with Gasteiger partial charge in [-0.25, -0.2) is 9.37 Å². The Morgan fingerprint density at radius 1 is 0.707 bits per heavy atom. The summed E-state index contributed by atoms with van der Waals surface area (Å²) in [5.74, 6) is 0.944. The molecule has 0 fully saturated rings. The Morgan fingerprint density at radius 2 is 1.37 bits per heavy atom. The summed E-state index contributed by atoms with van der Waals surface area (Å²) in [4.78, 5) is 5.17. The highest BCUT2D eigenvalue weighted by Crippen LogP contribution is 2.43. The summed E-state index contributed by atoms with van der Waals surface area (Å²) >= 11 is 0. The molecule has 0 aliphatic carbocycles. The van der Waals surface area contributed by atoms with Crippen molar-refractivity contribution < 1.29 is 8.81 Å². The van der Waals surface area contributed by atoms with E-state index in [2.05, 4.69) is 80.8 Å². The van der Waals surface area contributed by atoms with Gasteiger partial charge in [0.1, 0.15) is 22.8 Å². The molecule has 5 aromatic carbocycles. The van der Waals surface area contributed by atoms with Gasteiger partial charge in [0.25, 0.3) is 0 Å². The van der Waals surface area contributed by atoms with Crippen molar-refractivity contribution in [3.63, 3.8) is 0 Å². The molecule has 0 radical (unpaired) electrons. The van der Waals surface area contributed by atoms with Gasteiger partial charge in [-0.05, 0) is 76.6 Å². The maximum Gasteiger partial charge on any atom is 0.149 e. The van der Waals surface area contributed by atoms with Crippen LogP contribution in [0.2, 0.25) is 0 Å². The van der Waals surface area contributed by atoms with Gasteiger partial charge in [0.2, 0.25) is 0 Å². The first-order chi connectivity index (χ1) is 19.9. The van der Waals surface area contributed by atoms with Crippen LogP contribution in [0.4, 0.5) is 4.39 Å². The van der Waals surface area contributed by atoms with Crippen LogP contribution in [0, 0.1) is 5.82 Å². The fourth-order valence-electron chi connectivity index (χ4n) is 6.01. The normalized spacial score (nSPS) is 12.0. The fourth-order valence-corrected chi connectivity index (χ4v) is 6.01. The van der Waals surface area contributed by atoms with Crippen LogP contribution >= 0.6 is 0 Å². The number of halogens is 1. The number of rotatable bonds is 5. The monoisotopic (exact) mass is 538 g/mol. The molecule has 3 nitrogen and oxygen atoms in total.